The maximum Gasteiger partial charge on any atom is 0.490 e. The third-order valence-electron chi connectivity index (χ3n) is 5.21. The van der Waals surface area contributed by atoms with Crippen molar-refractivity contribution in [3.63, 3.8) is 0 Å². The lowest BCUT2D eigenvalue weighted by atomic mass is 9.71. The van der Waals surface area contributed by atoms with Crippen molar-refractivity contribution in [2.24, 2.45) is 0 Å². The topological polar surface area (TPSA) is 36.9 Å². The molecule has 22 heavy (non-hydrogen) atoms. The van der Waals surface area contributed by atoms with E-state index in [4.69, 9.17) is 18.8 Å². The SMILES string of the molecule is CC1(C)OB(C2=Cc3cc4c(cc3CC2)OCO4)OC1(C)C. The van der Waals surface area contributed by atoms with Crippen LogP contribution in [0, 0.1) is 0 Å². The van der Waals surface area contributed by atoms with E-state index in [1.54, 1.807) is 0 Å². The van der Waals surface area contributed by atoms with Crippen LogP contribution in [0.3, 0.4) is 0 Å². The van der Waals surface area contributed by atoms with Crippen molar-refractivity contribution < 1.29 is 18.8 Å². The van der Waals surface area contributed by atoms with Gasteiger partial charge < -0.3 is 18.8 Å². The van der Waals surface area contributed by atoms with Crippen LogP contribution in [-0.4, -0.2) is 25.1 Å². The Kier molecular flexibility index (Phi) is 2.91. The van der Waals surface area contributed by atoms with Gasteiger partial charge in [0.15, 0.2) is 11.5 Å². The Morgan fingerprint density at radius 3 is 2.23 bits per heavy atom. The fraction of sp³-hybridized carbons (Fsp3) is 0.529. The van der Waals surface area contributed by atoms with Crippen molar-refractivity contribution in [2.45, 2.75) is 51.7 Å². The zero-order valence-electron chi connectivity index (χ0n) is 13.6. The average molecular weight is 300 g/mol. The molecule has 1 saturated heterocycles. The first-order valence-corrected chi connectivity index (χ1v) is 7.84. The lowest BCUT2D eigenvalue weighted by Crippen LogP contribution is -2.41. The summed E-state index contributed by atoms with van der Waals surface area (Å²) in [5.41, 5.74) is 3.08. The molecule has 0 radical (unpaired) electrons. The highest BCUT2D eigenvalue weighted by molar-refractivity contribution is 6.55. The van der Waals surface area contributed by atoms with Gasteiger partial charge in [-0.3, -0.25) is 0 Å². The molecule has 2 aliphatic heterocycles. The third-order valence-corrected chi connectivity index (χ3v) is 5.21. The Balaban J connectivity index is 1.65. The fourth-order valence-electron chi connectivity index (χ4n) is 3.08. The number of rotatable bonds is 1. The molecule has 2 heterocycles. The van der Waals surface area contributed by atoms with Crippen LogP contribution in [0.5, 0.6) is 11.5 Å². The molecule has 4 rings (SSSR count). The first kappa shape index (κ1) is 14.2. The van der Waals surface area contributed by atoms with Crippen LogP contribution in [0.25, 0.3) is 6.08 Å². The van der Waals surface area contributed by atoms with Crippen molar-refractivity contribution in [3.8, 4) is 11.5 Å². The zero-order chi connectivity index (χ0) is 15.5. The van der Waals surface area contributed by atoms with Gasteiger partial charge in [-0.1, -0.05) is 6.08 Å². The molecule has 4 nitrogen and oxygen atoms in total. The number of hydrogen-bond donors (Lipinski definition) is 0. The van der Waals surface area contributed by atoms with Gasteiger partial charge in [-0.05, 0) is 69.3 Å². The zero-order valence-corrected chi connectivity index (χ0v) is 13.6. The molecular formula is C17H21BO4. The lowest BCUT2D eigenvalue weighted by molar-refractivity contribution is 0.00578. The molecule has 0 spiro atoms. The second-order valence-electron chi connectivity index (χ2n) is 7.21. The maximum absolute atomic E-state index is 6.16. The second-order valence-corrected chi connectivity index (χ2v) is 7.21. The number of hydrogen-bond acceptors (Lipinski definition) is 4. The van der Waals surface area contributed by atoms with Crippen LogP contribution in [0.2, 0.25) is 0 Å². The summed E-state index contributed by atoms with van der Waals surface area (Å²) in [4.78, 5) is 0. The van der Waals surface area contributed by atoms with E-state index >= 15 is 0 Å². The minimum atomic E-state index is -0.298. The molecule has 0 bridgehead atoms. The maximum atomic E-state index is 6.16. The lowest BCUT2D eigenvalue weighted by Gasteiger charge is -2.32. The summed E-state index contributed by atoms with van der Waals surface area (Å²) in [5, 5.41) is 0. The van der Waals surface area contributed by atoms with Gasteiger partial charge in [-0.15, -0.1) is 0 Å². The molecule has 116 valence electrons. The minimum absolute atomic E-state index is 0.261. The predicted octanol–water partition coefficient (Wildman–Crippen LogP) is 3.38. The summed E-state index contributed by atoms with van der Waals surface area (Å²) in [6.07, 6.45) is 4.11. The molecule has 0 amide bonds. The van der Waals surface area contributed by atoms with Gasteiger partial charge >= 0.3 is 7.12 Å². The van der Waals surface area contributed by atoms with Crippen LogP contribution in [-0.2, 0) is 15.7 Å². The number of ether oxygens (including phenoxy) is 2. The van der Waals surface area contributed by atoms with Crippen LogP contribution >= 0.6 is 0 Å². The van der Waals surface area contributed by atoms with Gasteiger partial charge in [0.2, 0.25) is 6.79 Å². The van der Waals surface area contributed by atoms with E-state index < -0.39 is 0 Å². The Labute approximate surface area is 131 Å². The minimum Gasteiger partial charge on any atom is -0.454 e. The van der Waals surface area contributed by atoms with E-state index in [1.807, 2.05) is 0 Å². The molecule has 3 aliphatic rings. The van der Waals surface area contributed by atoms with E-state index in [-0.39, 0.29) is 18.3 Å². The number of fused-ring (bicyclic) bond motifs is 2. The Hall–Kier alpha value is -1.46. The molecule has 0 atom stereocenters. The number of benzene rings is 1. The van der Waals surface area contributed by atoms with E-state index in [2.05, 4.69) is 45.9 Å². The normalized spacial score (nSPS) is 24.2. The molecule has 0 N–H and O–H groups in total. The first-order valence-electron chi connectivity index (χ1n) is 7.84. The molecule has 0 saturated carbocycles. The summed E-state index contributed by atoms with van der Waals surface area (Å²) < 4.78 is 23.3. The van der Waals surface area contributed by atoms with Gasteiger partial charge in [0.05, 0.1) is 11.2 Å². The molecule has 0 unspecified atom stereocenters. The quantitative estimate of drug-likeness (QED) is 0.745. The second kappa shape index (κ2) is 4.52. The van der Waals surface area contributed by atoms with E-state index in [0.717, 1.165) is 24.3 Å². The summed E-state index contributed by atoms with van der Waals surface area (Å²) in [5.74, 6) is 1.68. The molecule has 1 aromatic carbocycles. The smallest absolute Gasteiger partial charge is 0.454 e. The summed E-state index contributed by atoms with van der Waals surface area (Å²) in [6.45, 7) is 8.65. The van der Waals surface area contributed by atoms with Crippen molar-refractivity contribution in [3.05, 3.63) is 28.7 Å². The highest BCUT2D eigenvalue weighted by Gasteiger charge is 2.52. The molecule has 5 heteroatoms. The Morgan fingerprint density at radius 2 is 1.55 bits per heavy atom. The summed E-state index contributed by atoms with van der Waals surface area (Å²) in [6, 6.07) is 4.15. The van der Waals surface area contributed by atoms with Crippen LogP contribution < -0.4 is 9.47 Å². The Bertz CT molecular complexity index is 647. The average Bonchev–Trinajstić information content (AvgIpc) is 2.97. The largest absolute Gasteiger partial charge is 0.490 e. The summed E-state index contributed by atoms with van der Waals surface area (Å²) >= 11 is 0. The van der Waals surface area contributed by atoms with Crippen molar-refractivity contribution >= 4 is 13.2 Å². The molecule has 1 aromatic rings. The predicted molar refractivity (Wildman–Crippen MR) is 84.9 cm³/mol. The van der Waals surface area contributed by atoms with E-state index in [9.17, 15) is 0 Å². The van der Waals surface area contributed by atoms with Gasteiger partial charge in [-0.25, -0.2) is 0 Å². The first-order chi connectivity index (χ1) is 10.4. The van der Waals surface area contributed by atoms with E-state index in [1.165, 1.54) is 16.6 Å². The monoisotopic (exact) mass is 300 g/mol. The van der Waals surface area contributed by atoms with Crippen molar-refractivity contribution in [2.75, 3.05) is 6.79 Å². The van der Waals surface area contributed by atoms with Gasteiger partial charge in [-0.2, -0.15) is 0 Å². The van der Waals surface area contributed by atoms with Gasteiger partial charge in [0.1, 0.15) is 0 Å². The molecule has 1 fully saturated rings. The number of aryl methyl sites for hydroxylation is 1. The highest BCUT2D eigenvalue weighted by atomic mass is 16.7. The van der Waals surface area contributed by atoms with Gasteiger partial charge in [0, 0.05) is 0 Å². The van der Waals surface area contributed by atoms with Crippen LogP contribution in [0.1, 0.15) is 45.2 Å². The van der Waals surface area contributed by atoms with Crippen molar-refractivity contribution in [1.82, 2.24) is 0 Å². The Morgan fingerprint density at radius 1 is 0.909 bits per heavy atom. The molecule has 1 aliphatic carbocycles. The molecule has 0 aromatic heterocycles. The molecular weight excluding hydrogens is 279 g/mol. The highest BCUT2D eigenvalue weighted by Crippen LogP contribution is 2.42. The van der Waals surface area contributed by atoms with Crippen molar-refractivity contribution in [1.29, 1.82) is 0 Å². The number of allylic oxidation sites excluding steroid dienone is 1. The third kappa shape index (κ3) is 2.07. The van der Waals surface area contributed by atoms with Gasteiger partial charge in [0.25, 0.3) is 0 Å². The van der Waals surface area contributed by atoms with Crippen LogP contribution in [0.4, 0.5) is 0 Å². The summed E-state index contributed by atoms with van der Waals surface area (Å²) in [7, 11) is -0.261. The van der Waals surface area contributed by atoms with E-state index in [0.29, 0.717) is 6.79 Å². The van der Waals surface area contributed by atoms with Crippen LogP contribution in [0.15, 0.2) is 17.6 Å². The fourth-order valence-corrected chi connectivity index (χ4v) is 3.08. The standard InChI is InChI=1S/C17H21BO4/c1-16(2)17(3,4)22-18(21-16)13-6-5-11-8-14-15(20-10-19-14)9-12(11)7-13/h7-9H,5-6,10H2,1-4H3.